The Hall–Kier alpha value is -0.300. The van der Waals surface area contributed by atoms with Crippen LogP contribution in [0.5, 0.6) is 0 Å². The summed E-state index contributed by atoms with van der Waals surface area (Å²) in [6, 6.07) is 0. The number of hydrogen-bond acceptors (Lipinski definition) is 1. The van der Waals surface area contributed by atoms with Gasteiger partial charge in [0.05, 0.1) is 12.2 Å². The highest BCUT2D eigenvalue weighted by Crippen LogP contribution is 2.70. The van der Waals surface area contributed by atoms with E-state index >= 15 is 0 Å². The zero-order valence-electron chi connectivity index (χ0n) is 15.2. The van der Waals surface area contributed by atoms with Crippen molar-refractivity contribution in [1.82, 2.24) is 0 Å². The number of epoxide rings is 1. The van der Waals surface area contributed by atoms with Crippen LogP contribution in [0.4, 0.5) is 0 Å². The van der Waals surface area contributed by atoms with Gasteiger partial charge in [0.25, 0.3) is 0 Å². The number of ether oxygens (including phenoxy) is 1. The van der Waals surface area contributed by atoms with Gasteiger partial charge in [-0.25, -0.2) is 0 Å². The first-order valence-electron chi connectivity index (χ1n) is 10.4. The Morgan fingerprint density at radius 3 is 2.57 bits per heavy atom. The average Bonchev–Trinajstić information content (AvgIpc) is 3.24. The van der Waals surface area contributed by atoms with Gasteiger partial charge in [0.1, 0.15) is 0 Å². The average molecular weight is 315 g/mol. The zero-order chi connectivity index (χ0) is 15.7. The molecule has 0 aromatic carbocycles. The van der Waals surface area contributed by atoms with Crippen molar-refractivity contribution in [2.24, 2.45) is 28.6 Å². The van der Waals surface area contributed by atoms with Gasteiger partial charge in [0.15, 0.2) is 0 Å². The fraction of sp³-hybridized carbons (Fsp3) is 0.909. The topological polar surface area (TPSA) is 12.5 Å². The Bertz CT molecular complexity index is 530. The van der Waals surface area contributed by atoms with Gasteiger partial charge in [0, 0.05) is 5.41 Å². The molecule has 1 aliphatic heterocycles. The number of fused-ring (bicyclic) bond motifs is 6. The number of allylic oxidation sites excluding steroid dienone is 2. The molecule has 4 fully saturated rings. The Morgan fingerprint density at radius 1 is 0.957 bits per heavy atom. The third kappa shape index (κ3) is 1.89. The first-order valence-corrected chi connectivity index (χ1v) is 10.4. The van der Waals surface area contributed by atoms with Gasteiger partial charge in [-0.2, -0.15) is 0 Å². The minimum Gasteiger partial charge on any atom is -0.369 e. The quantitative estimate of drug-likeness (QED) is 0.401. The second-order valence-electron chi connectivity index (χ2n) is 9.95. The van der Waals surface area contributed by atoms with Crippen molar-refractivity contribution in [2.45, 2.75) is 90.1 Å². The molecule has 23 heavy (non-hydrogen) atoms. The molecule has 1 spiro atoms. The fourth-order valence-corrected chi connectivity index (χ4v) is 7.71. The molecule has 0 aromatic rings. The van der Waals surface area contributed by atoms with Crippen molar-refractivity contribution in [3.63, 3.8) is 0 Å². The summed E-state index contributed by atoms with van der Waals surface area (Å²) in [6.45, 7) is 6.31. The molecule has 0 N–H and O–H groups in total. The summed E-state index contributed by atoms with van der Waals surface area (Å²) in [4.78, 5) is 0. The summed E-state index contributed by atoms with van der Waals surface area (Å²) >= 11 is 0. The third-order valence-electron chi connectivity index (χ3n) is 9.30. The molecule has 1 heterocycles. The van der Waals surface area contributed by atoms with E-state index in [1.807, 2.05) is 5.57 Å². The van der Waals surface area contributed by atoms with Crippen LogP contribution < -0.4 is 0 Å². The maximum Gasteiger partial charge on any atom is 0.0972 e. The van der Waals surface area contributed by atoms with E-state index in [1.165, 1.54) is 70.6 Å². The molecule has 5 rings (SSSR count). The molecule has 1 nitrogen and oxygen atoms in total. The van der Waals surface area contributed by atoms with Crippen LogP contribution in [0.1, 0.15) is 84.5 Å². The van der Waals surface area contributed by atoms with Crippen molar-refractivity contribution < 1.29 is 4.74 Å². The normalized spacial score (nSPS) is 55.2. The molecule has 1 heteroatoms. The van der Waals surface area contributed by atoms with Crippen molar-refractivity contribution in [3.8, 4) is 0 Å². The predicted molar refractivity (Wildman–Crippen MR) is 94.2 cm³/mol. The summed E-state index contributed by atoms with van der Waals surface area (Å²) in [5.41, 5.74) is 3.20. The number of hydrogen-bond donors (Lipinski definition) is 0. The molecular formula is C22H34O. The van der Waals surface area contributed by atoms with Gasteiger partial charge in [-0.05, 0) is 74.5 Å². The molecule has 5 aliphatic rings. The highest BCUT2D eigenvalue weighted by atomic mass is 16.6. The van der Waals surface area contributed by atoms with Crippen LogP contribution in [-0.2, 0) is 4.74 Å². The van der Waals surface area contributed by atoms with Crippen LogP contribution in [0, 0.1) is 28.6 Å². The van der Waals surface area contributed by atoms with Gasteiger partial charge < -0.3 is 4.74 Å². The fourth-order valence-electron chi connectivity index (χ4n) is 7.71. The Balaban J connectivity index is 1.49. The maximum absolute atomic E-state index is 6.06. The highest BCUT2D eigenvalue weighted by Gasteiger charge is 2.69. The van der Waals surface area contributed by atoms with Gasteiger partial charge in [-0.15, -0.1) is 0 Å². The maximum atomic E-state index is 6.06. The zero-order valence-corrected chi connectivity index (χ0v) is 15.2. The van der Waals surface area contributed by atoms with Crippen LogP contribution in [0.25, 0.3) is 0 Å². The van der Waals surface area contributed by atoms with Crippen molar-refractivity contribution >= 4 is 0 Å². The van der Waals surface area contributed by atoms with Crippen LogP contribution in [0.15, 0.2) is 11.6 Å². The van der Waals surface area contributed by atoms with Crippen LogP contribution in [-0.4, -0.2) is 12.2 Å². The van der Waals surface area contributed by atoms with Crippen LogP contribution in [0.3, 0.4) is 0 Å². The Kier molecular flexibility index (Phi) is 3.17. The second-order valence-corrected chi connectivity index (χ2v) is 9.95. The first kappa shape index (κ1) is 15.0. The molecule has 6 atom stereocenters. The van der Waals surface area contributed by atoms with E-state index in [1.54, 1.807) is 0 Å². The minimum absolute atomic E-state index is 0.314. The third-order valence-corrected chi connectivity index (χ3v) is 9.30. The monoisotopic (exact) mass is 314 g/mol. The molecule has 0 aromatic heterocycles. The smallest absolute Gasteiger partial charge is 0.0972 e. The summed E-state index contributed by atoms with van der Waals surface area (Å²) in [7, 11) is 0. The van der Waals surface area contributed by atoms with E-state index < -0.39 is 0 Å². The first-order chi connectivity index (χ1) is 11.1. The van der Waals surface area contributed by atoms with E-state index in [4.69, 9.17) is 4.74 Å². The van der Waals surface area contributed by atoms with Crippen molar-refractivity contribution in [2.75, 3.05) is 6.61 Å². The van der Waals surface area contributed by atoms with Gasteiger partial charge in [-0.1, -0.05) is 44.8 Å². The summed E-state index contributed by atoms with van der Waals surface area (Å²) in [5.74, 6) is 2.85. The lowest BCUT2D eigenvalue weighted by atomic mass is 9.48. The highest BCUT2D eigenvalue weighted by molar-refractivity contribution is 5.25. The van der Waals surface area contributed by atoms with Gasteiger partial charge in [0.2, 0.25) is 0 Å². The molecule has 128 valence electrons. The summed E-state index contributed by atoms with van der Waals surface area (Å²) in [5, 5.41) is 0. The van der Waals surface area contributed by atoms with E-state index in [0.717, 1.165) is 24.4 Å². The van der Waals surface area contributed by atoms with Crippen LogP contribution >= 0.6 is 0 Å². The van der Waals surface area contributed by atoms with Crippen molar-refractivity contribution in [1.29, 1.82) is 0 Å². The lowest BCUT2D eigenvalue weighted by molar-refractivity contribution is -0.0461. The second kappa shape index (κ2) is 4.87. The Labute approximate surface area is 142 Å². The molecule has 1 saturated heterocycles. The molecule has 5 unspecified atom stereocenters. The SMILES string of the molecule is CC12CCCCCCC1=CCC1C2CCC2(C)C1CC[C@@]21CO1. The Morgan fingerprint density at radius 2 is 1.74 bits per heavy atom. The predicted octanol–water partition coefficient (Wildman–Crippen LogP) is 5.89. The molecule has 4 aliphatic carbocycles. The minimum atomic E-state index is 0.314. The van der Waals surface area contributed by atoms with E-state index in [-0.39, 0.29) is 0 Å². The van der Waals surface area contributed by atoms with E-state index in [0.29, 0.717) is 16.4 Å². The van der Waals surface area contributed by atoms with Gasteiger partial charge >= 0.3 is 0 Å². The standard InChI is InChI=1S/C22H34O/c1-20-12-6-4-3-5-7-16(20)8-9-17-18(20)10-13-21(2)19(17)11-14-22(21)15-23-22/h8,17-19H,3-7,9-15H2,1-2H3/t17?,18?,19?,20?,21?,22-/m1/s1. The van der Waals surface area contributed by atoms with E-state index in [2.05, 4.69) is 19.9 Å². The molecule has 3 saturated carbocycles. The lowest BCUT2D eigenvalue weighted by Gasteiger charge is -2.56. The molecule has 0 radical (unpaired) electrons. The molecule has 0 amide bonds. The largest absolute Gasteiger partial charge is 0.369 e. The summed E-state index contributed by atoms with van der Waals surface area (Å²) < 4.78 is 6.06. The van der Waals surface area contributed by atoms with Crippen molar-refractivity contribution in [3.05, 3.63) is 11.6 Å². The molecular weight excluding hydrogens is 280 g/mol. The van der Waals surface area contributed by atoms with Gasteiger partial charge in [-0.3, -0.25) is 0 Å². The lowest BCUT2D eigenvalue weighted by Crippen LogP contribution is -2.50. The molecule has 0 bridgehead atoms. The van der Waals surface area contributed by atoms with E-state index in [9.17, 15) is 0 Å². The number of rotatable bonds is 0. The summed E-state index contributed by atoms with van der Waals surface area (Å²) in [6.07, 6.45) is 18.5. The van der Waals surface area contributed by atoms with Crippen LogP contribution in [0.2, 0.25) is 0 Å².